The number of allylic oxidation sites excluding steroid dienone is 1. The highest BCUT2D eigenvalue weighted by atomic mass is 19.1. The Hall–Kier alpha value is -3.80. The van der Waals surface area contributed by atoms with E-state index < -0.39 is 46.3 Å². The van der Waals surface area contributed by atoms with Gasteiger partial charge in [-0.3, -0.25) is 10.1 Å². The molecule has 0 bridgehead atoms. The molecule has 4 unspecified atom stereocenters. The predicted molar refractivity (Wildman–Crippen MR) is 101 cm³/mol. The van der Waals surface area contributed by atoms with E-state index in [1.165, 1.54) is 36.4 Å². The number of nitro groups is 1. The van der Waals surface area contributed by atoms with E-state index in [1.54, 1.807) is 0 Å². The first-order chi connectivity index (χ1) is 14.3. The topological polar surface area (TPSA) is 119 Å². The Bertz CT molecular complexity index is 1080. The molecule has 9 heteroatoms. The van der Waals surface area contributed by atoms with Crippen molar-refractivity contribution in [2.45, 2.75) is 17.9 Å². The molecular weight excluding hydrogens is 396 g/mol. The normalized spacial score (nSPS) is 23.5. The van der Waals surface area contributed by atoms with Gasteiger partial charge in [0.15, 0.2) is 0 Å². The van der Waals surface area contributed by atoms with E-state index in [2.05, 4.69) is 0 Å². The van der Waals surface area contributed by atoms with Gasteiger partial charge in [-0.1, -0.05) is 36.4 Å². The third kappa shape index (κ3) is 3.37. The fourth-order valence-electron chi connectivity index (χ4n) is 4.05. The highest BCUT2D eigenvalue weighted by molar-refractivity contribution is 5.92. The summed E-state index contributed by atoms with van der Waals surface area (Å²) in [5.74, 6) is -6.82. The number of nitriles is 1. The zero-order chi connectivity index (χ0) is 22.0. The summed E-state index contributed by atoms with van der Waals surface area (Å²) < 4.78 is 34.0. The van der Waals surface area contributed by atoms with E-state index >= 15 is 0 Å². The third-order valence-corrected chi connectivity index (χ3v) is 5.32. The maximum absolute atomic E-state index is 14.7. The Morgan fingerprint density at radius 3 is 2.13 bits per heavy atom. The predicted octanol–water partition coefficient (Wildman–Crippen LogP) is 3.02. The number of esters is 1. The fourth-order valence-corrected chi connectivity index (χ4v) is 4.05. The van der Waals surface area contributed by atoms with Gasteiger partial charge in [0.05, 0.1) is 36.5 Å². The van der Waals surface area contributed by atoms with E-state index in [-0.39, 0.29) is 22.4 Å². The van der Waals surface area contributed by atoms with Crippen LogP contribution in [-0.2, 0) is 9.53 Å². The molecule has 4 atom stereocenters. The molecule has 0 saturated carbocycles. The first kappa shape index (κ1) is 20.9. The minimum atomic E-state index is -1.75. The number of hydrogen-bond acceptors (Lipinski definition) is 6. The van der Waals surface area contributed by atoms with Crippen molar-refractivity contribution < 1.29 is 23.2 Å². The second-order valence-electron chi connectivity index (χ2n) is 6.79. The van der Waals surface area contributed by atoms with Crippen LogP contribution in [0.4, 0.5) is 8.78 Å². The average molecular weight is 413 g/mol. The quantitative estimate of drug-likeness (QED) is 0.467. The molecule has 0 spiro atoms. The molecule has 3 rings (SSSR count). The Morgan fingerprint density at radius 1 is 1.13 bits per heavy atom. The van der Waals surface area contributed by atoms with Crippen molar-refractivity contribution in [2.75, 3.05) is 7.11 Å². The third-order valence-electron chi connectivity index (χ3n) is 5.32. The number of hydrogen-bond donors (Lipinski definition) is 1. The number of benzene rings is 2. The van der Waals surface area contributed by atoms with E-state index in [1.807, 2.05) is 6.07 Å². The first-order valence-electron chi connectivity index (χ1n) is 8.93. The lowest BCUT2D eigenvalue weighted by Gasteiger charge is -2.37. The van der Waals surface area contributed by atoms with Crippen molar-refractivity contribution in [1.29, 1.82) is 5.26 Å². The summed E-state index contributed by atoms with van der Waals surface area (Å²) in [7, 11) is 1.05. The Morgan fingerprint density at radius 2 is 1.67 bits per heavy atom. The minimum Gasteiger partial charge on any atom is -0.466 e. The second kappa shape index (κ2) is 8.29. The standard InChI is InChI=1S/C21H17F2N3O4/c1-30-21(27)18-17(12-7-3-5-9-15(12)23)20(26(28)29)16(13(10-24)19(18)25)11-6-2-4-8-14(11)22/h2-9,13,16-17,20H,25H2,1H3. The van der Waals surface area contributed by atoms with Crippen LogP contribution in [-0.4, -0.2) is 24.0 Å². The van der Waals surface area contributed by atoms with Gasteiger partial charge in [-0.05, 0) is 17.7 Å². The van der Waals surface area contributed by atoms with Gasteiger partial charge in [-0.15, -0.1) is 0 Å². The van der Waals surface area contributed by atoms with Crippen molar-refractivity contribution in [2.24, 2.45) is 11.7 Å². The largest absolute Gasteiger partial charge is 0.466 e. The molecule has 0 saturated heterocycles. The Labute approximate surface area is 170 Å². The van der Waals surface area contributed by atoms with Gasteiger partial charge in [0.1, 0.15) is 11.6 Å². The summed E-state index contributed by atoms with van der Waals surface area (Å²) >= 11 is 0. The van der Waals surface area contributed by atoms with Crippen LogP contribution in [0.5, 0.6) is 0 Å². The molecule has 30 heavy (non-hydrogen) atoms. The fraction of sp³-hybridized carbons (Fsp3) is 0.238. The number of carbonyl (C=O) groups excluding carboxylic acids is 1. The molecule has 1 aliphatic rings. The molecule has 0 heterocycles. The lowest BCUT2D eigenvalue weighted by atomic mass is 9.65. The van der Waals surface area contributed by atoms with Crippen LogP contribution in [0.15, 0.2) is 59.8 Å². The molecular formula is C21H17F2N3O4. The van der Waals surface area contributed by atoms with Gasteiger partial charge in [-0.2, -0.15) is 5.26 Å². The van der Waals surface area contributed by atoms with E-state index in [9.17, 15) is 29.0 Å². The van der Waals surface area contributed by atoms with Crippen molar-refractivity contribution in [3.8, 4) is 6.07 Å². The molecule has 2 N–H and O–H groups in total. The van der Waals surface area contributed by atoms with Gasteiger partial charge < -0.3 is 10.5 Å². The van der Waals surface area contributed by atoms with Crippen LogP contribution in [0.1, 0.15) is 23.0 Å². The lowest BCUT2D eigenvalue weighted by molar-refractivity contribution is -0.531. The molecule has 0 amide bonds. The minimum absolute atomic E-state index is 0.112. The van der Waals surface area contributed by atoms with E-state index in [0.717, 1.165) is 19.2 Å². The zero-order valence-corrected chi connectivity index (χ0v) is 15.8. The molecule has 154 valence electrons. The van der Waals surface area contributed by atoms with E-state index in [0.29, 0.717) is 0 Å². The van der Waals surface area contributed by atoms with Gasteiger partial charge in [0.2, 0.25) is 6.04 Å². The highest BCUT2D eigenvalue weighted by Crippen LogP contribution is 2.49. The number of halogens is 2. The second-order valence-corrected chi connectivity index (χ2v) is 6.79. The van der Waals surface area contributed by atoms with Crippen LogP contribution in [0.3, 0.4) is 0 Å². The van der Waals surface area contributed by atoms with Crippen molar-refractivity contribution in [1.82, 2.24) is 0 Å². The zero-order valence-electron chi connectivity index (χ0n) is 15.8. The SMILES string of the molecule is COC(=O)C1=C(N)C(C#N)C(c2ccccc2F)C([N+](=O)[O-])C1c1ccccc1F. The first-order valence-corrected chi connectivity index (χ1v) is 8.93. The molecule has 0 fully saturated rings. The number of ether oxygens (including phenoxy) is 1. The summed E-state index contributed by atoms with van der Waals surface area (Å²) in [5.41, 5.74) is 5.16. The highest BCUT2D eigenvalue weighted by Gasteiger charge is 2.55. The van der Waals surface area contributed by atoms with Gasteiger partial charge >= 0.3 is 5.97 Å². The summed E-state index contributed by atoms with van der Waals surface area (Å²) in [4.78, 5) is 24.0. The van der Waals surface area contributed by atoms with E-state index in [4.69, 9.17) is 10.5 Å². The summed E-state index contributed by atoms with van der Waals surface area (Å²) in [6.45, 7) is 0. The summed E-state index contributed by atoms with van der Waals surface area (Å²) in [6, 6.07) is 10.6. The Balaban J connectivity index is 2.39. The van der Waals surface area contributed by atoms with Crippen LogP contribution in [0.2, 0.25) is 0 Å². The lowest BCUT2D eigenvalue weighted by Crippen LogP contribution is -2.46. The maximum atomic E-state index is 14.7. The van der Waals surface area contributed by atoms with Crippen molar-refractivity contribution in [3.63, 3.8) is 0 Å². The van der Waals surface area contributed by atoms with Crippen LogP contribution in [0.25, 0.3) is 0 Å². The van der Waals surface area contributed by atoms with Gasteiger partial charge in [0.25, 0.3) is 0 Å². The molecule has 7 nitrogen and oxygen atoms in total. The summed E-state index contributed by atoms with van der Waals surface area (Å²) in [6.07, 6.45) is 0. The van der Waals surface area contributed by atoms with Gasteiger partial charge in [0, 0.05) is 16.2 Å². The number of methoxy groups -OCH3 is 1. The average Bonchev–Trinajstić information content (AvgIpc) is 2.73. The molecule has 2 aromatic carbocycles. The van der Waals surface area contributed by atoms with Crippen LogP contribution in [0, 0.1) is 39.0 Å². The number of carbonyl (C=O) groups is 1. The molecule has 0 radical (unpaired) electrons. The van der Waals surface area contributed by atoms with Crippen LogP contribution < -0.4 is 5.73 Å². The summed E-state index contributed by atoms with van der Waals surface area (Å²) in [5, 5.41) is 21.9. The molecule has 2 aromatic rings. The smallest absolute Gasteiger partial charge is 0.336 e. The molecule has 0 aliphatic heterocycles. The number of rotatable bonds is 4. The number of nitrogens with two attached hydrogens (primary N) is 1. The van der Waals surface area contributed by atoms with Crippen molar-refractivity contribution in [3.05, 3.63) is 92.7 Å². The molecule has 1 aliphatic carbocycles. The van der Waals surface area contributed by atoms with Crippen LogP contribution >= 0.6 is 0 Å². The maximum Gasteiger partial charge on any atom is 0.336 e. The monoisotopic (exact) mass is 413 g/mol. The number of nitrogens with zero attached hydrogens (tertiary/aromatic N) is 2. The van der Waals surface area contributed by atoms with Crippen molar-refractivity contribution >= 4 is 5.97 Å². The molecule has 0 aromatic heterocycles. The Kier molecular flexibility index (Phi) is 5.78. The van der Waals surface area contributed by atoms with Gasteiger partial charge in [-0.25, -0.2) is 13.6 Å².